The molecule has 1 aromatic heterocycles. The Morgan fingerprint density at radius 3 is 2.61 bits per heavy atom. The fourth-order valence-electron chi connectivity index (χ4n) is 1.76. The maximum absolute atomic E-state index is 5.16. The SMILES string of the molecule is COc1ccc([Se]c2ccc3nc[nH]c3c2)cc1. The summed E-state index contributed by atoms with van der Waals surface area (Å²) in [5.74, 6) is 0.901. The van der Waals surface area contributed by atoms with Crippen molar-refractivity contribution in [1.82, 2.24) is 9.97 Å². The summed E-state index contributed by atoms with van der Waals surface area (Å²) >= 11 is 0.311. The predicted molar refractivity (Wildman–Crippen MR) is 74.1 cm³/mol. The molecule has 0 amide bonds. The zero-order chi connectivity index (χ0) is 12.4. The summed E-state index contributed by atoms with van der Waals surface area (Å²) < 4.78 is 7.83. The van der Waals surface area contributed by atoms with Crippen molar-refractivity contribution in [3.05, 3.63) is 48.8 Å². The van der Waals surface area contributed by atoms with Crippen LogP contribution in [0.5, 0.6) is 5.75 Å². The Morgan fingerprint density at radius 1 is 1.06 bits per heavy atom. The van der Waals surface area contributed by atoms with Crippen LogP contribution in [0.4, 0.5) is 0 Å². The second-order valence-electron chi connectivity index (χ2n) is 3.86. The van der Waals surface area contributed by atoms with Crippen LogP contribution in [0.25, 0.3) is 11.0 Å². The van der Waals surface area contributed by atoms with Crippen molar-refractivity contribution in [1.29, 1.82) is 0 Å². The van der Waals surface area contributed by atoms with Gasteiger partial charge in [0.15, 0.2) is 0 Å². The number of methoxy groups -OCH3 is 1. The van der Waals surface area contributed by atoms with Gasteiger partial charge in [-0.25, -0.2) is 0 Å². The molecule has 18 heavy (non-hydrogen) atoms. The van der Waals surface area contributed by atoms with Crippen LogP contribution >= 0.6 is 0 Å². The third-order valence-corrected chi connectivity index (χ3v) is 4.78. The summed E-state index contributed by atoms with van der Waals surface area (Å²) in [4.78, 5) is 7.37. The van der Waals surface area contributed by atoms with Crippen molar-refractivity contribution in [3.8, 4) is 5.75 Å². The van der Waals surface area contributed by atoms with Gasteiger partial charge in [-0.05, 0) is 0 Å². The summed E-state index contributed by atoms with van der Waals surface area (Å²) in [5.41, 5.74) is 2.12. The molecule has 1 heterocycles. The standard InChI is InChI=1S/C14H12N2OSe/c1-17-10-2-4-11(5-3-10)18-12-6-7-13-14(8-12)16-9-15-13/h2-9H,1H3,(H,15,16). The Morgan fingerprint density at radius 2 is 1.83 bits per heavy atom. The molecule has 0 aliphatic rings. The molecule has 4 heteroatoms. The second kappa shape index (κ2) is 4.84. The molecule has 3 rings (SSSR count). The quantitative estimate of drug-likeness (QED) is 0.739. The van der Waals surface area contributed by atoms with Gasteiger partial charge in [-0.1, -0.05) is 0 Å². The molecule has 90 valence electrons. The summed E-state index contributed by atoms with van der Waals surface area (Å²) in [5, 5.41) is 0. The zero-order valence-electron chi connectivity index (χ0n) is 9.88. The average molecular weight is 303 g/mol. The number of imidazole rings is 1. The number of nitrogens with zero attached hydrogens (tertiary/aromatic N) is 1. The fraction of sp³-hybridized carbons (Fsp3) is 0.0714. The molecule has 0 bridgehead atoms. The van der Waals surface area contributed by atoms with Crippen molar-refractivity contribution in [3.63, 3.8) is 0 Å². The third-order valence-electron chi connectivity index (χ3n) is 2.69. The molecule has 0 unspecified atom stereocenters. The van der Waals surface area contributed by atoms with E-state index in [1.54, 1.807) is 13.4 Å². The van der Waals surface area contributed by atoms with Gasteiger partial charge in [0, 0.05) is 0 Å². The normalized spacial score (nSPS) is 10.7. The topological polar surface area (TPSA) is 37.9 Å². The van der Waals surface area contributed by atoms with E-state index in [0.717, 1.165) is 16.8 Å². The first kappa shape index (κ1) is 11.3. The van der Waals surface area contributed by atoms with Crippen LogP contribution in [-0.4, -0.2) is 32.0 Å². The first-order chi connectivity index (χ1) is 8.85. The Kier molecular flexibility index (Phi) is 3.05. The molecule has 0 fully saturated rings. The van der Waals surface area contributed by atoms with Crippen molar-refractivity contribution in [2.45, 2.75) is 0 Å². The third kappa shape index (κ3) is 2.26. The van der Waals surface area contributed by atoms with E-state index in [9.17, 15) is 0 Å². The molecule has 2 aromatic carbocycles. The summed E-state index contributed by atoms with van der Waals surface area (Å²) in [6, 6.07) is 14.6. The van der Waals surface area contributed by atoms with Crippen LogP contribution in [0.1, 0.15) is 0 Å². The first-order valence-corrected chi connectivity index (χ1v) is 7.31. The molecule has 0 saturated carbocycles. The Hall–Kier alpha value is -1.77. The van der Waals surface area contributed by atoms with E-state index in [0.29, 0.717) is 15.0 Å². The monoisotopic (exact) mass is 304 g/mol. The molecule has 0 aliphatic carbocycles. The van der Waals surface area contributed by atoms with E-state index in [1.807, 2.05) is 12.1 Å². The van der Waals surface area contributed by atoms with Gasteiger partial charge >= 0.3 is 111 Å². The molecule has 0 atom stereocenters. The van der Waals surface area contributed by atoms with Crippen LogP contribution in [0, 0.1) is 0 Å². The van der Waals surface area contributed by atoms with Crippen molar-refractivity contribution >= 4 is 34.9 Å². The van der Waals surface area contributed by atoms with E-state index < -0.39 is 0 Å². The van der Waals surface area contributed by atoms with Gasteiger partial charge in [0.1, 0.15) is 0 Å². The zero-order valence-corrected chi connectivity index (χ0v) is 11.6. The van der Waals surface area contributed by atoms with Gasteiger partial charge in [-0.3, -0.25) is 0 Å². The van der Waals surface area contributed by atoms with Crippen LogP contribution < -0.4 is 13.7 Å². The van der Waals surface area contributed by atoms with Crippen LogP contribution in [0.15, 0.2) is 48.8 Å². The molecular weight excluding hydrogens is 291 g/mol. The average Bonchev–Trinajstić information content (AvgIpc) is 2.87. The number of hydrogen-bond acceptors (Lipinski definition) is 2. The maximum atomic E-state index is 5.16. The van der Waals surface area contributed by atoms with Crippen LogP contribution in [-0.2, 0) is 0 Å². The van der Waals surface area contributed by atoms with Gasteiger partial charge in [-0.15, -0.1) is 0 Å². The molecule has 1 N–H and O–H groups in total. The molecule has 0 aliphatic heterocycles. The minimum atomic E-state index is 0.311. The van der Waals surface area contributed by atoms with E-state index in [-0.39, 0.29) is 0 Å². The number of rotatable bonds is 3. The van der Waals surface area contributed by atoms with E-state index >= 15 is 0 Å². The molecule has 3 nitrogen and oxygen atoms in total. The number of benzene rings is 2. The van der Waals surface area contributed by atoms with Gasteiger partial charge in [0.25, 0.3) is 0 Å². The van der Waals surface area contributed by atoms with Crippen molar-refractivity contribution in [2.75, 3.05) is 7.11 Å². The molecule has 0 spiro atoms. The van der Waals surface area contributed by atoms with Crippen molar-refractivity contribution in [2.24, 2.45) is 0 Å². The number of ether oxygens (including phenoxy) is 1. The fourth-order valence-corrected chi connectivity index (χ4v) is 3.56. The Balaban J connectivity index is 1.85. The van der Waals surface area contributed by atoms with Gasteiger partial charge in [0.05, 0.1) is 0 Å². The number of fused-ring (bicyclic) bond motifs is 1. The first-order valence-electron chi connectivity index (χ1n) is 5.60. The van der Waals surface area contributed by atoms with Gasteiger partial charge in [0.2, 0.25) is 0 Å². The Bertz CT molecular complexity index is 661. The Labute approximate surface area is 111 Å². The van der Waals surface area contributed by atoms with Gasteiger partial charge < -0.3 is 0 Å². The number of H-pyrrole nitrogens is 1. The summed E-state index contributed by atoms with van der Waals surface area (Å²) in [7, 11) is 1.69. The minimum absolute atomic E-state index is 0.311. The van der Waals surface area contributed by atoms with Crippen LogP contribution in [0.3, 0.4) is 0 Å². The van der Waals surface area contributed by atoms with Gasteiger partial charge in [-0.2, -0.15) is 0 Å². The molecule has 3 aromatic rings. The summed E-state index contributed by atoms with van der Waals surface area (Å²) in [6.45, 7) is 0. The van der Waals surface area contributed by atoms with E-state index in [2.05, 4.69) is 40.3 Å². The second-order valence-corrected chi connectivity index (χ2v) is 6.27. The number of aromatic nitrogens is 2. The number of hydrogen-bond donors (Lipinski definition) is 1. The number of nitrogens with one attached hydrogen (secondary N) is 1. The number of aromatic amines is 1. The van der Waals surface area contributed by atoms with E-state index in [1.165, 1.54) is 8.92 Å². The predicted octanol–water partition coefficient (Wildman–Crippen LogP) is 1.23. The van der Waals surface area contributed by atoms with Crippen molar-refractivity contribution < 1.29 is 4.74 Å². The van der Waals surface area contributed by atoms with E-state index in [4.69, 9.17) is 4.74 Å². The summed E-state index contributed by atoms with van der Waals surface area (Å²) in [6.07, 6.45) is 1.73. The molecule has 0 saturated heterocycles. The molecular formula is C14H12N2OSe. The molecule has 0 radical (unpaired) electrons. The van der Waals surface area contributed by atoms with Crippen LogP contribution in [0.2, 0.25) is 0 Å².